The normalized spacial score (nSPS) is 22.5. The third-order valence-electron chi connectivity index (χ3n) is 2.60. The second-order valence-electron chi connectivity index (χ2n) is 3.69. The van der Waals surface area contributed by atoms with Crippen LogP contribution in [0.15, 0.2) is 12.2 Å². The van der Waals surface area contributed by atoms with Crippen molar-refractivity contribution in [2.45, 2.75) is 38.6 Å². The van der Waals surface area contributed by atoms with E-state index in [2.05, 4.69) is 24.0 Å². The zero-order chi connectivity index (χ0) is 9.52. The van der Waals surface area contributed by atoms with Gasteiger partial charge in [0.25, 0.3) is 0 Å². The number of rotatable bonds is 5. The molecule has 76 valence electrons. The predicted molar refractivity (Wildman–Crippen MR) is 55.7 cm³/mol. The smallest absolute Gasteiger partial charge is 0.0558 e. The molecule has 0 saturated heterocycles. The van der Waals surface area contributed by atoms with E-state index in [9.17, 15) is 0 Å². The van der Waals surface area contributed by atoms with Crippen LogP contribution in [0.3, 0.4) is 0 Å². The minimum Gasteiger partial charge on any atom is -0.395 e. The largest absolute Gasteiger partial charge is 0.395 e. The van der Waals surface area contributed by atoms with E-state index in [0.717, 1.165) is 13.1 Å². The Morgan fingerprint density at radius 1 is 1.46 bits per heavy atom. The summed E-state index contributed by atoms with van der Waals surface area (Å²) in [6.45, 7) is 4.40. The highest BCUT2D eigenvalue weighted by molar-refractivity contribution is 4.98. The Kier molecular flexibility index (Phi) is 5.09. The molecule has 0 aromatic heterocycles. The number of allylic oxidation sites excluding steroid dienone is 1. The van der Waals surface area contributed by atoms with Crippen LogP contribution in [0.25, 0.3) is 0 Å². The quantitative estimate of drug-likeness (QED) is 0.657. The molecule has 1 atom stereocenters. The van der Waals surface area contributed by atoms with E-state index in [1.807, 2.05) is 0 Å². The third kappa shape index (κ3) is 3.49. The summed E-state index contributed by atoms with van der Waals surface area (Å²) in [5.41, 5.74) is 0. The fraction of sp³-hybridized carbons (Fsp3) is 0.818. The van der Waals surface area contributed by atoms with Gasteiger partial charge in [-0.1, -0.05) is 19.1 Å². The third-order valence-corrected chi connectivity index (χ3v) is 2.60. The molecule has 0 bridgehead atoms. The van der Waals surface area contributed by atoms with E-state index < -0.39 is 0 Å². The molecule has 0 aliphatic heterocycles. The van der Waals surface area contributed by atoms with Crippen molar-refractivity contribution in [2.75, 3.05) is 19.7 Å². The standard InChI is InChI=1S/C11H21NO/c1-2-8-12(9-10-13)11-6-4-3-5-7-11/h4,6,11,13H,2-3,5,7-10H2,1H3. The van der Waals surface area contributed by atoms with Gasteiger partial charge in [-0.3, -0.25) is 4.90 Å². The molecule has 0 fully saturated rings. The Balaban J connectivity index is 2.41. The summed E-state index contributed by atoms with van der Waals surface area (Å²) < 4.78 is 0. The molecule has 0 saturated carbocycles. The van der Waals surface area contributed by atoms with E-state index >= 15 is 0 Å². The summed E-state index contributed by atoms with van der Waals surface area (Å²) in [6, 6.07) is 0.584. The highest BCUT2D eigenvalue weighted by atomic mass is 16.3. The van der Waals surface area contributed by atoms with Crippen LogP contribution >= 0.6 is 0 Å². The number of hydrogen-bond acceptors (Lipinski definition) is 2. The SMILES string of the molecule is CCCN(CCO)C1C=CCCC1. The molecular formula is C11H21NO. The summed E-state index contributed by atoms with van der Waals surface area (Å²) in [5, 5.41) is 8.93. The van der Waals surface area contributed by atoms with Crippen LogP contribution in [0.1, 0.15) is 32.6 Å². The molecule has 0 radical (unpaired) electrons. The first-order valence-electron chi connectivity index (χ1n) is 5.40. The van der Waals surface area contributed by atoms with Crippen molar-refractivity contribution < 1.29 is 5.11 Å². The first-order valence-corrected chi connectivity index (χ1v) is 5.40. The van der Waals surface area contributed by atoms with E-state index in [1.54, 1.807) is 0 Å². The zero-order valence-electron chi connectivity index (χ0n) is 8.58. The van der Waals surface area contributed by atoms with Crippen molar-refractivity contribution in [3.63, 3.8) is 0 Å². The Morgan fingerprint density at radius 2 is 2.31 bits per heavy atom. The minimum atomic E-state index is 0.282. The lowest BCUT2D eigenvalue weighted by atomic mass is 10.0. The lowest BCUT2D eigenvalue weighted by Crippen LogP contribution is -2.37. The van der Waals surface area contributed by atoms with Crippen molar-refractivity contribution in [1.82, 2.24) is 4.90 Å². The van der Waals surface area contributed by atoms with Crippen LogP contribution in [-0.2, 0) is 0 Å². The first-order chi connectivity index (χ1) is 6.38. The van der Waals surface area contributed by atoms with Gasteiger partial charge >= 0.3 is 0 Å². The summed E-state index contributed by atoms with van der Waals surface area (Å²) in [5.74, 6) is 0. The van der Waals surface area contributed by atoms with E-state index in [1.165, 1.54) is 25.7 Å². The van der Waals surface area contributed by atoms with Crippen LogP contribution in [-0.4, -0.2) is 35.7 Å². The molecule has 1 aliphatic carbocycles. The van der Waals surface area contributed by atoms with Crippen LogP contribution in [0, 0.1) is 0 Å². The molecule has 2 heteroatoms. The Labute approximate surface area is 81.2 Å². The minimum absolute atomic E-state index is 0.282. The average molecular weight is 183 g/mol. The van der Waals surface area contributed by atoms with Gasteiger partial charge in [-0.2, -0.15) is 0 Å². The maximum absolute atomic E-state index is 8.93. The molecule has 0 amide bonds. The van der Waals surface area contributed by atoms with Crippen molar-refractivity contribution >= 4 is 0 Å². The molecular weight excluding hydrogens is 162 g/mol. The maximum Gasteiger partial charge on any atom is 0.0558 e. The van der Waals surface area contributed by atoms with Gasteiger partial charge in [-0.25, -0.2) is 0 Å². The summed E-state index contributed by atoms with van der Waals surface area (Å²) >= 11 is 0. The van der Waals surface area contributed by atoms with Crippen LogP contribution in [0.4, 0.5) is 0 Å². The first kappa shape index (κ1) is 10.7. The summed E-state index contributed by atoms with van der Waals surface area (Å²) in [6.07, 6.45) is 9.53. The van der Waals surface area contributed by atoms with E-state index in [4.69, 9.17) is 5.11 Å². The topological polar surface area (TPSA) is 23.5 Å². The molecule has 1 N–H and O–H groups in total. The maximum atomic E-state index is 8.93. The lowest BCUT2D eigenvalue weighted by molar-refractivity contribution is 0.162. The number of aliphatic hydroxyl groups is 1. The average Bonchev–Trinajstić information content (AvgIpc) is 2.19. The molecule has 1 aliphatic rings. The molecule has 1 unspecified atom stereocenters. The molecule has 0 heterocycles. The zero-order valence-corrected chi connectivity index (χ0v) is 8.58. The van der Waals surface area contributed by atoms with Gasteiger partial charge in [0.05, 0.1) is 6.61 Å². The second-order valence-corrected chi connectivity index (χ2v) is 3.69. The van der Waals surface area contributed by atoms with E-state index in [-0.39, 0.29) is 6.61 Å². The van der Waals surface area contributed by atoms with Gasteiger partial charge in [0, 0.05) is 12.6 Å². The fourth-order valence-electron chi connectivity index (χ4n) is 1.96. The van der Waals surface area contributed by atoms with Crippen molar-refractivity contribution in [3.05, 3.63) is 12.2 Å². The van der Waals surface area contributed by atoms with Gasteiger partial charge in [0.1, 0.15) is 0 Å². The number of nitrogens with zero attached hydrogens (tertiary/aromatic N) is 1. The highest BCUT2D eigenvalue weighted by Gasteiger charge is 2.15. The van der Waals surface area contributed by atoms with Crippen molar-refractivity contribution in [1.29, 1.82) is 0 Å². The summed E-state index contributed by atoms with van der Waals surface area (Å²) in [4.78, 5) is 2.38. The summed E-state index contributed by atoms with van der Waals surface area (Å²) in [7, 11) is 0. The fourth-order valence-corrected chi connectivity index (χ4v) is 1.96. The predicted octanol–water partition coefficient (Wildman–Crippen LogP) is 1.80. The lowest BCUT2D eigenvalue weighted by Gasteiger charge is -2.30. The second kappa shape index (κ2) is 6.17. The van der Waals surface area contributed by atoms with Crippen LogP contribution in [0.5, 0.6) is 0 Å². The molecule has 0 spiro atoms. The molecule has 2 nitrogen and oxygen atoms in total. The van der Waals surface area contributed by atoms with Crippen molar-refractivity contribution in [3.8, 4) is 0 Å². The number of aliphatic hydroxyl groups excluding tert-OH is 1. The highest BCUT2D eigenvalue weighted by Crippen LogP contribution is 2.16. The molecule has 1 rings (SSSR count). The molecule has 0 aromatic rings. The van der Waals surface area contributed by atoms with Gasteiger partial charge < -0.3 is 5.11 Å². The van der Waals surface area contributed by atoms with Crippen LogP contribution in [0.2, 0.25) is 0 Å². The Hall–Kier alpha value is -0.340. The Morgan fingerprint density at radius 3 is 2.85 bits per heavy atom. The van der Waals surface area contributed by atoms with E-state index in [0.29, 0.717) is 6.04 Å². The monoisotopic (exact) mass is 183 g/mol. The molecule has 0 aromatic carbocycles. The Bertz CT molecular complexity index is 150. The van der Waals surface area contributed by atoms with Gasteiger partial charge in [-0.05, 0) is 32.2 Å². The van der Waals surface area contributed by atoms with Gasteiger partial charge in [0.15, 0.2) is 0 Å². The van der Waals surface area contributed by atoms with Gasteiger partial charge in [-0.15, -0.1) is 0 Å². The van der Waals surface area contributed by atoms with Gasteiger partial charge in [0.2, 0.25) is 0 Å². The number of hydrogen-bond donors (Lipinski definition) is 1. The van der Waals surface area contributed by atoms with Crippen molar-refractivity contribution in [2.24, 2.45) is 0 Å². The molecule has 13 heavy (non-hydrogen) atoms. The van der Waals surface area contributed by atoms with Crippen LogP contribution < -0.4 is 0 Å².